The van der Waals surface area contributed by atoms with E-state index in [0.717, 1.165) is 49.2 Å². The second-order valence-electron chi connectivity index (χ2n) is 17.7. The van der Waals surface area contributed by atoms with E-state index in [2.05, 4.69) is 69.0 Å². The van der Waals surface area contributed by atoms with Crippen molar-refractivity contribution in [3.8, 4) is 23.5 Å². The van der Waals surface area contributed by atoms with Crippen LogP contribution in [0.5, 0.6) is 11.6 Å². The summed E-state index contributed by atoms with van der Waals surface area (Å²) in [5, 5.41) is 9.41. The summed E-state index contributed by atoms with van der Waals surface area (Å²) in [6.07, 6.45) is 5.34. The van der Waals surface area contributed by atoms with E-state index in [9.17, 15) is 33.2 Å². The van der Waals surface area contributed by atoms with Crippen LogP contribution in [0.3, 0.4) is 0 Å². The first kappa shape index (κ1) is 45.7. The number of primary amides is 1. The Balaban J connectivity index is 0.825. The summed E-state index contributed by atoms with van der Waals surface area (Å²) < 4.78 is 26.0. The first-order chi connectivity index (χ1) is 31.8. The van der Waals surface area contributed by atoms with Gasteiger partial charge in [-0.2, -0.15) is 0 Å². The Hall–Kier alpha value is -6.86. The van der Waals surface area contributed by atoms with Crippen molar-refractivity contribution in [2.75, 3.05) is 39.2 Å². The number of ether oxygens (including phenoxy) is 2. The molecule has 5 N–H and O–H groups in total. The molecule has 3 aromatic carbocycles. The van der Waals surface area contributed by atoms with Gasteiger partial charge in [0.1, 0.15) is 18.4 Å². The van der Waals surface area contributed by atoms with Crippen molar-refractivity contribution in [2.24, 2.45) is 23.5 Å². The number of nitrogens with zero attached hydrogens (tertiary/aromatic N) is 3. The molecule has 2 unspecified atom stereocenters. The van der Waals surface area contributed by atoms with E-state index in [1.807, 2.05) is 6.92 Å². The second kappa shape index (κ2) is 19.7. The molecule has 16 heteroatoms. The van der Waals surface area contributed by atoms with Crippen LogP contribution in [0, 0.1) is 29.6 Å². The zero-order valence-corrected chi connectivity index (χ0v) is 37.3. The molecule has 3 fully saturated rings. The third-order valence-corrected chi connectivity index (χ3v) is 13.3. The average Bonchev–Trinajstić information content (AvgIpc) is 3.73. The third-order valence-electron chi connectivity index (χ3n) is 13.3. The van der Waals surface area contributed by atoms with Crippen molar-refractivity contribution in [3.05, 3.63) is 94.2 Å². The summed E-state index contributed by atoms with van der Waals surface area (Å²) in [6, 6.07) is 15.3. The molecule has 1 aromatic heterocycles. The molecule has 4 aliphatic rings. The number of hydrogen-bond donors (Lipinski definition) is 4. The molecule has 15 nitrogen and oxygen atoms in total. The number of carbonyl (C=O) groups is 6. The highest BCUT2D eigenvalue weighted by Crippen LogP contribution is 2.36. The standard InChI is InChI=1S/C50H54FN7O8/c1-4-33-39(55-47(62)44(33)51)27-66-48-36-23-41(65-3)37(45(52)60)22-35(36)32(24-54-48)17-16-28-8-12-30(13-9-28)25-57(2)26-31-14-10-29(11-15-31)20-21-53-38-7-5-6-34-43(38)50(64)58(49(34)63)40-18-19-42(59)56-46(40)61/h5-7,10-11,14-15,22-24,28,30,33,39-40,44,53H,4,8-9,12-13,18-21,25-27H2,1-3H3,(H2,52,60)(H,55,62)(H,56,59,61)/t28-,30-,33-,39?,40?,44-/m0/s1. The number of rotatable bonds is 15. The Morgan fingerprint density at radius 1 is 0.985 bits per heavy atom. The van der Waals surface area contributed by atoms with Gasteiger partial charge in [-0.05, 0) is 93.3 Å². The summed E-state index contributed by atoms with van der Waals surface area (Å²) >= 11 is 0. The number of benzene rings is 3. The number of aromatic nitrogens is 1. The van der Waals surface area contributed by atoms with Gasteiger partial charge < -0.3 is 30.7 Å². The fraction of sp³-hybridized carbons (Fsp3) is 0.420. The molecule has 66 heavy (non-hydrogen) atoms. The molecule has 3 aliphatic heterocycles. The topological polar surface area (TPSA) is 202 Å². The lowest BCUT2D eigenvalue weighted by Crippen LogP contribution is -2.54. The summed E-state index contributed by atoms with van der Waals surface area (Å²) in [7, 11) is 3.58. The van der Waals surface area contributed by atoms with Crippen LogP contribution in [0.4, 0.5) is 10.1 Å². The van der Waals surface area contributed by atoms with E-state index in [1.165, 1.54) is 12.7 Å². The minimum Gasteiger partial charge on any atom is -0.496 e. The van der Waals surface area contributed by atoms with Gasteiger partial charge in [-0.3, -0.25) is 39.0 Å². The Morgan fingerprint density at radius 3 is 2.45 bits per heavy atom. The van der Waals surface area contributed by atoms with Crippen molar-refractivity contribution in [1.82, 2.24) is 25.4 Å². The predicted octanol–water partition coefficient (Wildman–Crippen LogP) is 4.93. The van der Waals surface area contributed by atoms with E-state index < -0.39 is 59.6 Å². The molecule has 0 bridgehead atoms. The van der Waals surface area contributed by atoms with Crippen molar-refractivity contribution in [1.29, 1.82) is 0 Å². The molecule has 4 heterocycles. The van der Waals surface area contributed by atoms with Gasteiger partial charge >= 0.3 is 0 Å². The fourth-order valence-electron chi connectivity index (χ4n) is 9.71. The van der Waals surface area contributed by atoms with Crippen LogP contribution in [0.15, 0.2) is 60.8 Å². The number of halogens is 1. The van der Waals surface area contributed by atoms with Crippen LogP contribution in [0.1, 0.15) is 99.6 Å². The van der Waals surface area contributed by atoms with E-state index in [-0.39, 0.29) is 53.7 Å². The van der Waals surface area contributed by atoms with Crippen LogP contribution in [0.25, 0.3) is 10.8 Å². The van der Waals surface area contributed by atoms with Gasteiger partial charge in [0, 0.05) is 60.5 Å². The molecule has 8 rings (SSSR count). The highest BCUT2D eigenvalue weighted by molar-refractivity contribution is 6.25. The number of piperidine rings is 1. The molecule has 1 saturated carbocycles. The number of pyridine rings is 1. The fourth-order valence-corrected chi connectivity index (χ4v) is 9.71. The van der Waals surface area contributed by atoms with Gasteiger partial charge in [-0.25, -0.2) is 9.37 Å². The van der Waals surface area contributed by atoms with Crippen LogP contribution in [-0.2, 0) is 27.3 Å². The summed E-state index contributed by atoms with van der Waals surface area (Å²) in [5.41, 5.74) is 9.87. The third kappa shape index (κ3) is 9.58. The van der Waals surface area contributed by atoms with Crippen LogP contribution in [-0.4, -0.2) is 102 Å². The highest BCUT2D eigenvalue weighted by atomic mass is 19.1. The molecule has 0 spiro atoms. The van der Waals surface area contributed by atoms with Crippen molar-refractivity contribution >= 4 is 51.9 Å². The van der Waals surface area contributed by atoms with Crippen LogP contribution in [0.2, 0.25) is 0 Å². The normalized spacial score (nSPS) is 22.7. The van der Waals surface area contributed by atoms with E-state index in [4.69, 9.17) is 15.2 Å². The quantitative estimate of drug-likeness (QED) is 0.0932. The van der Waals surface area contributed by atoms with E-state index in [1.54, 1.807) is 36.5 Å². The lowest BCUT2D eigenvalue weighted by Gasteiger charge is -2.29. The molecule has 4 atom stereocenters. The van der Waals surface area contributed by atoms with E-state index >= 15 is 0 Å². The maximum absolute atomic E-state index is 14.5. The minimum atomic E-state index is -1.59. The Labute approximate surface area is 382 Å². The number of alkyl halides is 1. The number of imide groups is 2. The zero-order chi connectivity index (χ0) is 46.6. The number of methoxy groups -OCH3 is 1. The maximum Gasteiger partial charge on any atom is 0.264 e. The molecular weight excluding hydrogens is 846 g/mol. The number of amides is 6. The lowest BCUT2D eigenvalue weighted by atomic mass is 9.82. The van der Waals surface area contributed by atoms with Gasteiger partial charge in [-0.15, -0.1) is 0 Å². The first-order valence-corrected chi connectivity index (χ1v) is 22.6. The second-order valence-corrected chi connectivity index (χ2v) is 17.7. The molecule has 2 saturated heterocycles. The SMILES string of the molecule is CC[C@H]1C(COc2ncc(C#C[C@H]3CC[C@H](CN(C)Cc4ccc(CCNc5cccc6c5C(=O)N(C5CCC(=O)NC5=O)C6=O)cc4)CC3)c3cc(C(N)=O)c(OC)cc23)NC(=O)[C@H]1F. The number of nitrogens with one attached hydrogen (secondary N) is 3. The van der Waals surface area contributed by atoms with Crippen LogP contribution < -0.4 is 31.2 Å². The van der Waals surface area contributed by atoms with Crippen molar-refractivity contribution < 1.29 is 42.6 Å². The summed E-state index contributed by atoms with van der Waals surface area (Å²) in [4.78, 5) is 83.1. The Bertz CT molecular complexity index is 2640. The van der Waals surface area contributed by atoms with Crippen molar-refractivity contribution in [3.63, 3.8) is 0 Å². The van der Waals surface area contributed by atoms with Crippen molar-refractivity contribution in [2.45, 2.75) is 83.1 Å². The molecule has 6 amide bonds. The number of nitrogens with two attached hydrogens (primary N) is 1. The van der Waals surface area contributed by atoms with Gasteiger partial charge in [0.2, 0.25) is 17.7 Å². The predicted molar refractivity (Wildman–Crippen MR) is 243 cm³/mol. The highest BCUT2D eigenvalue weighted by Gasteiger charge is 2.46. The molecule has 0 radical (unpaired) electrons. The van der Waals surface area contributed by atoms with Crippen LogP contribution >= 0.6 is 0 Å². The lowest BCUT2D eigenvalue weighted by molar-refractivity contribution is -0.136. The summed E-state index contributed by atoms with van der Waals surface area (Å²) in [5.74, 6) is 4.10. The number of carbonyl (C=O) groups excluding carboxylic acids is 6. The number of fused-ring (bicyclic) bond motifs is 2. The Morgan fingerprint density at radius 2 is 1.74 bits per heavy atom. The van der Waals surface area contributed by atoms with E-state index in [0.29, 0.717) is 47.3 Å². The monoisotopic (exact) mass is 899 g/mol. The van der Waals surface area contributed by atoms with Gasteiger partial charge in [0.05, 0.1) is 35.4 Å². The number of hydrogen-bond acceptors (Lipinski definition) is 11. The first-order valence-electron chi connectivity index (χ1n) is 22.6. The zero-order valence-electron chi connectivity index (χ0n) is 37.3. The maximum atomic E-state index is 14.5. The minimum absolute atomic E-state index is 0.0220. The summed E-state index contributed by atoms with van der Waals surface area (Å²) in [6.45, 7) is 4.14. The number of anilines is 1. The molecule has 4 aromatic rings. The largest absolute Gasteiger partial charge is 0.496 e. The molecule has 1 aliphatic carbocycles. The molecular formula is C50H54FN7O8. The van der Waals surface area contributed by atoms with Gasteiger partial charge in [0.15, 0.2) is 6.17 Å². The van der Waals surface area contributed by atoms with Gasteiger partial charge in [0.25, 0.3) is 23.6 Å². The molecule has 344 valence electrons. The smallest absolute Gasteiger partial charge is 0.264 e. The average molecular weight is 900 g/mol. The Kier molecular flexibility index (Phi) is 13.6. The van der Waals surface area contributed by atoms with Gasteiger partial charge in [-0.1, -0.05) is 49.1 Å².